The van der Waals surface area contributed by atoms with E-state index in [0.29, 0.717) is 41.7 Å². The molecule has 166 valence electrons. The number of aromatic nitrogens is 3. The fraction of sp³-hybridized carbons (Fsp3) is 0.391. The second kappa shape index (κ2) is 6.75. The van der Waals surface area contributed by atoms with Gasteiger partial charge in [0.2, 0.25) is 0 Å². The number of anilines is 1. The van der Waals surface area contributed by atoms with Gasteiger partial charge in [-0.25, -0.2) is 19.2 Å². The van der Waals surface area contributed by atoms with E-state index in [4.69, 9.17) is 16.6 Å². The molecule has 0 amide bonds. The van der Waals surface area contributed by atoms with E-state index in [2.05, 4.69) is 10.3 Å². The van der Waals surface area contributed by atoms with Gasteiger partial charge in [-0.15, -0.1) is 0 Å². The summed E-state index contributed by atoms with van der Waals surface area (Å²) in [5.41, 5.74) is 0.670. The number of hydrogen-bond acceptors (Lipinski definition) is 5. The van der Waals surface area contributed by atoms with Gasteiger partial charge in [0.1, 0.15) is 16.6 Å². The maximum absolute atomic E-state index is 14.2. The van der Waals surface area contributed by atoms with Gasteiger partial charge in [0.15, 0.2) is 5.69 Å². The van der Waals surface area contributed by atoms with E-state index < -0.39 is 11.6 Å². The number of rotatable bonds is 5. The summed E-state index contributed by atoms with van der Waals surface area (Å²) < 4.78 is 15.7. The minimum absolute atomic E-state index is 0.0839. The van der Waals surface area contributed by atoms with Gasteiger partial charge in [-0.2, -0.15) is 0 Å². The highest BCUT2D eigenvalue weighted by Crippen LogP contribution is 2.69. The Kier molecular flexibility index (Phi) is 4.40. The third-order valence-electron chi connectivity index (χ3n) is 6.70. The molecule has 1 aromatic carbocycles. The van der Waals surface area contributed by atoms with Crippen molar-refractivity contribution in [2.24, 2.45) is 7.05 Å². The number of alkyl halides is 1. The van der Waals surface area contributed by atoms with Crippen molar-refractivity contribution in [2.45, 2.75) is 50.2 Å². The zero-order valence-corrected chi connectivity index (χ0v) is 18.6. The summed E-state index contributed by atoms with van der Waals surface area (Å²) in [4.78, 5) is 33.6. The van der Waals surface area contributed by atoms with Crippen molar-refractivity contribution in [3.05, 3.63) is 62.4 Å². The predicted octanol–water partition coefficient (Wildman–Crippen LogP) is 4.31. The Morgan fingerprint density at radius 1 is 1.28 bits per heavy atom. The van der Waals surface area contributed by atoms with Gasteiger partial charge in [-0.1, -0.05) is 17.7 Å². The van der Waals surface area contributed by atoms with E-state index in [1.54, 1.807) is 23.7 Å². The number of aromatic carboxylic acids is 1. The van der Waals surface area contributed by atoms with Crippen molar-refractivity contribution in [3.63, 3.8) is 0 Å². The van der Waals surface area contributed by atoms with Crippen LogP contribution in [-0.2, 0) is 12.5 Å². The van der Waals surface area contributed by atoms with Crippen molar-refractivity contribution in [3.8, 4) is 0 Å². The maximum Gasteiger partial charge on any atom is 0.356 e. The smallest absolute Gasteiger partial charge is 0.356 e. The molecule has 2 bridgehead atoms. The predicted molar refractivity (Wildman–Crippen MR) is 119 cm³/mol. The average Bonchev–Trinajstić information content (AvgIpc) is 2.68. The number of carbonyl (C=O) groups is 1. The van der Waals surface area contributed by atoms with Gasteiger partial charge in [-0.05, 0) is 56.9 Å². The minimum atomic E-state index is -1.20. The third-order valence-corrected chi connectivity index (χ3v) is 6.91. The largest absolute Gasteiger partial charge is 0.476 e. The fourth-order valence-electron chi connectivity index (χ4n) is 5.28. The number of hydrogen-bond donors (Lipinski definition) is 2. The molecule has 0 radical (unpaired) electrons. The van der Waals surface area contributed by atoms with Gasteiger partial charge < -0.3 is 10.4 Å². The van der Waals surface area contributed by atoms with Gasteiger partial charge in [0.05, 0.1) is 22.6 Å². The molecule has 0 aliphatic heterocycles. The average molecular weight is 457 g/mol. The molecule has 3 aromatic rings. The van der Waals surface area contributed by atoms with Crippen LogP contribution in [0.3, 0.4) is 0 Å². The summed E-state index contributed by atoms with van der Waals surface area (Å²) in [5, 5.41) is 13.2. The van der Waals surface area contributed by atoms with E-state index in [1.807, 2.05) is 19.9 Å². The number of nitrogens with zero attached hydrogens (tertiary/aromatic N) is 3. The highest BCUT2D eigenvalue weighted by molar-refractivity contribution is 6.29. The van der Waals surface area contributed by atoms with E-state index in [0.717, 1.165) is 11.1 Å². The molecule has 32 heavy (non-hydrogen) atoms. The summed E-state index contributed by atoms with van der Waals surface area (Å²) in [7, 11) is 1.69. The first-order valence-electron chi connectivity index (χ1n) is 10.4. The summed E-state index contributed by atoms with van der Waals surface area (Å²) in [6.45, 7) is 3.76. The SMILES string of the molecule is Cc1cc([C@@H](C)Nc2ccc(Cl)nc2C(=O)O)c2nc(C34CC(F)(C3)C4)n(C)c(=O)c2c1. The molecule has 2 N–H and O–H groups in total. The van der Waals surface area contributed by atoms with Crippen molar-refractivity contribution in [1.82, 2.24) is 14.5 Å². The Labute approximate surface area is 188 Å². The molecule has 0 saturated heterocycles. The number of carboxylic acid groups (broad SMARTS) is 1. The van der Waals surface area contributed by atoms with E-state index in [-0.39, 0.29) is 27.9 Å². The lowest BCUT2D eigenvalue weighted by Gasteiger charge is -2.65. The van der Waals surface area contributed by atoms with Crippen molar-refractivity contribution >= 4 is 34.2 Å². The molecule has 0 unspecified atom stereocenters. The zero-order valence-electron chi connectivity index (χ0n) is 17.9. The van der Waals surface area contributed by atoms with Gasteiger partial charge in [0, 0.05) is 18.0 Å². The monoisotopic (exact) mass is 456 g/mol. The number of aryl methyl sites for hydroxylation is 1. The molecule has 7 nitrogen and oxygen atoms in total. The topological polar surface area (TPSA) is 97.1 Å². The van der Waals surface area contributed by atoms with Crippen LogP contribution in [0.25, 0.3) is 10.9 Å². The molecule has 2 heterocycles. The van der Waals surface area contributed by atoms with Gasteiger partial charge in [-0.3, -0.25) is 9.36 Å². The first-order valence-corrected chi connectivity index (χ1v) is 10.8. The Morgan fingerprint density at radius 2 is 1.97 bits per heavy atom. The van der Waals surface area contributed by atoms with Crippen LogP contribution in [0.1, 0.15) is 59.7 Å². The van der Waals surface area contributed by atoms with Crippen LogP contribution in [0.15, 0.2) is 29.1 Å². The minimum Gasteiger partial charge on any atom is -0.476 e. The molecule has 1 atom stereocenters. The van der Waals surface area contributed by atoms with Crippen LogP contribution < -0.4 is 10.9 Å². The number of pyridine rings is 1. The highest BCUT2D eigenvalue weighted by atomic mass is 35.5. The Morgan fingerprint density at radius 3 is 2.59 bits per heavy atom. The standard InChI is InChI=1S/C23H22ClFN4O3/c1-11-6-13(12(2)26-15-4-5-16(24)27-18(15)20(31)32)17-14(7-11)19(30)29(3)21(28-17)22-8-23(25,9-22)10-22/h4-7,12,26H,8-10H2,1-3H3,(H,31,32)/t12-,22?,23?/m1/s1. The second-order valence-corrected chi connectivity index (χ2v) is 9.60. The number of benzene rings is 1. The zero-order chi connectivity index (χ0) is 23.0. The molecule has 3 aliphatic rings. The summed E-state index contributed by atoms with van der Waals surface area (Å²) in [6, 6.07) is 6.42. The molecule has 3 saturated carbocycles. The molecule has 3 aliphatic carbocycles. The molecule has 2 aromatic heterocycles. The Balaban J connectivity index is 1.62. The van der Waals surface area contributed by atoms with E-state index >= 15 is 0 Å². The Bertz CT molecular complexity index is 1350. The van der Waals surface area contributed by atoms with E-state index in [9.17, 15) is 19.1 Å². The highest BCUT2D eigenvalue weighted by Gasteiger charge is 2.71. The summed E-state index contributed by atoms with van der Waals surface area (Å²) >= 11 is 5.86. The molecule has 0 spiro atoms. The van der Waals surface area contributed by atoms with Crippen LogP contribution in [0.4, 0.5) is 10.1 Å². The Hall–Kier alpha value is -3.00. The maximum atomic E-state index is 14.2. The lowest BCUT2D eigenvalue weighted by molar-refractivity contribution is -0.163. The van der Waals surface area contributed by atoms with Crippen LogP contribution in [0, 0.1) is 6.92 Å². The lowest BCUT2D eigenvalue weighted by Crippen LogP contribution is -2.68. The molecule has 3 fully saturated rings. The van der Waals surface area contributed by atoms with Gasteiger partial charge >= 0.3 is 5.97 Å². The van der Waals surface area contributed by atoms with Crippen molar-refractivity contribution in [2.75, 3.05) is 5.32 Å². The fourth-order valence-corrected chi connectivity index (χ4v) is 5.43. The van der Waals surface area contributed by atoms with Crippen LogP contribution in [-0.4, -0.2) is 31.3 Å². The number of halogens is 2. The number of fused-ring (bicyclic) bond motifs is 1. The normalized spacial score (nSPS) is 24.5. The quantitative estimate of drug-likeness (QED) is 0.555. The first-order chi connectivity index (χ1) is 15.0. The van der Waals surface area contributed by atoms with Crippen molar-refractivity contribution < 1.29 is 14.3 Å². The third kappa shape index (κ3) is 3.00. The van der Waals surface area contributed by atoms with Crippen LogP contribution >= 0.6 is 11.6 Å². The molecule has 9 heteroatoms. The molecular formula is C23H22ClFN4O3. The number of carboxylic acids is 1. The van der Waals surface area contributed by atoms with Crippen molar-refractivity contribution in [1.29, 1.82) is 0 Å². The first kappa shape index (κ1) is 20.9. The number of nitrogens with one attached hydrogen (secondary N) is 1. The van der Waals surface area contributed by atoms with Gasteiger partial charge in [0.25, 0.3) is 5.56 Å². The summed E-state index contributed by atoms with van der Waals surface area (Å²) in [5.74, 6) is -0.583. The molecular weight excluding hydrogens is 435 g/mol. The second-order valence-electron chi connectivity index (χ2n) is 9.21. The summed E-state index contributed by atoms with van der Waals surface area (Å²) in [6.07, 6.45) is 1.21. The van der Waals surface area contributed by atoms with Crippen LogP contribution in [0.5, 0.6) is 0 Å². The lowest BCUT2D eigenvalue weighted by atomic mass is 9.42. The molecule has 6 rings (SSSR count). The van der Waals surface area contributed by atoms with E-state index in [1.165, 1.54) is 6.07 Å². The van der Waals surface area contributed by atoms with Crippen LogP contribution in [0.2, 0.25) is 5.15 Å².